The van der Waals surface area contributed by atoms with Crippen LogP contribution in [0.5, 0.6) is 0 Å². The summed E-state index contributed by atoms with van der Waals surface area (Å²) in [6.07, 6.45) is 3.14. The zero-order valence-corrected chi connectivity index (χ0v) is 10.9. The average molecular weight is 224 g/mol. The van der Waals surface area contributed by atoms with Gasteiger partial charge in [0.15, 0.2) is 0 Å². The Bertz CT molecular complexity index is 380. The molecule has 0 fully saturated rings. The van der Waals surface area contributed by atoms with Gasteiger partial charge in [0.05, 0.1) is 0 Å². The van der Waals surface area contributed by atoms with Crippen LogP contribution >= 0.6 is 12.2 Å². The van der Waals surface area contributed by atoms with Crippen molar-refractivity contribution in [2.45, 2.75) is 47.0 Å². The number of H-pyrrole nitrogens is 1. The largest absolute Gasteiger partial charge is 0.347 e. The summed E-state index contributed by atoms with van der Waals surface area (Å²) in [4.78, 5) is 7.79. The maximum absolute atomic E-state index is 5.24. The van der Waals surface area contributed by atoms with Crippen LogP contribution in [0.4, 0.5) is 0 Å². The first-order valence-electron chi connectivity index (χ1n) is 5.63. The molecule has 1 rings (SSSR count). The minimum Gasteiger partial charge on any atom is -0.347 e. The van der Waals surface area contributed by atoms with Crippen molar-refractivity contribution in [1.29, 1.82) is 0 Å². The first-order chi connectivity index (χ1) is 7.04. The van der Waals surface area contributed by atoms with Gasteiger partial charge in [-0.3, -0.25) is 0 Å². The van der Waals surface area contributed by atoms with Gasteiger partial charge in [-0.15, -0.1) is 0 Å². The molecule has 0 bridgehead atoms. The summed E-state index contributed by atoms with van der Waals surface area (Å²) < 4.78 is 0.754. The van der Waals surface area contributed by atoms with Crippen LogP contribution in [-0.2, 0) is 12.8 Å². The van der Waals surface area contributed by atoms with Gasteiger partial charge in [0.25, 0.3) is 0 Å². The summed E-state index contributed by atoms with van der Waals surface area (Å²) in [5, 5.41) is 0. The normalized spacial score (nSPS) is 11.0. The maximum Gasteiger partial charge on any atom is 0.132 e. The fourth-order valence-corrected chi connectivity index (χ4v) is 1.76. The summed E-state index contributed by atoms with van der Waals surface area (Å²) in [6, 6.07) is 0. The molecule has 1 heterocycles. The van der Waals surface area contributed by atoms with E-state index >= 15 is 0 Å². The second kappa shape index (κ2) is 5.40. The SMILES string of the molecule is CCc1[nH]c(CCC(C)C)nc(=S)c1C. The topological polar surface area (TPSA) is 28.7 Å². The monoisotopic (exact) mass is 224 g/mol. The van der Waals surface area contributed by atoms with E-state index in [1.54, 1.807) is 0 Å². The van der Waals surface area contributed by atoms with Crippen LogP contribution in [-0.4, -0.2) is 9.97 Å². The van der Waals surface area contributed by atoms with Gasteiger partial charge in [-0.2, -0.15) is 0 Å². The molecular weight excluding hydrogens is 204 g/mol. The van der Waals surface area contributed by atoms with Crippen LogP contribution in [0, 0.1) is 17.5 Å². The standard InChI is InChI=1S/C12H20N2S/c1-5-10-9(4)12(15)14-11(13-10)7-6-8(2)3/h8H,5-7H2,1-4H3,(H,13,14,15). The molecule has 84 valence electrons. The van der Waals surface area contributed by atoms with E-state index in [1.807, 2.05) is 6.92 Å². The molecule has 0 saturated carbocycles. The van der Waals surface area contributed by atoms with Crippen molar-refractivity contribution < 1.29 is 0 Å². The lowest BCUT2D eigenvalue weighted by molar-refractivity contribution is 0.572. The van der Waals surface area contributed by atoms with Gasteiger partial charge in [-0.1, -0.05) is 33.0 Å². The quantitative estimate of drug-likeness (QED) is 0.792. The van der Waals surface area contributed by atoms with Crippen molar-refractivity contribution in [2.24, 2.45) is 5.92 Å². The lowest BCUT2D eigenvalue weighted by atomic mass is 10.1. The van der Waals surface area contributed by atoms with Crippen molar-refractivity contribution in [3.05, 3.63) is 21.7 Å². The van der Waals surface area contributed by atoms with Crippen molar-refractivity contribution in [1.82, 2.24) is 9.97 Å². The summed E-state index contributed by atoms with van der Waals surface area (Å²) in [6.45, 7) is 8.63. The van der Waals surface area contributed by atoms with Crippen LogP contribution in [0.2, 0.25) is 0 Å². The van der Waals surface area contributed by atoms with Crippen LogP contribution in [0.3, 0.4) is 0 Å². The van der Waals surface area contributed by atoms with E-state index in [9.17, 15) is 0 Å². The van der Waals surface area contributed by atoms with Crippen molar-refractivity contribution in [3.63, 3.8) is 0 Å². The molecule has 0 saturated heterocycles. The Morgan fingerprint density at radius 2 is 2.07 bits per heavy atom. The average Bonchev–Trinajstić information content (AvgIpc) is 2.19. The lowest BCUT2D eigenvalue weighted by Gasteiger charge is -2.08. The molecule has 0 amide bonds. The highest BCUT2D eigenvalue weighted by molar-refractivity contribution is 7.71. The van der Waals surface area contributed by atoms with Gasteiger partial charge in [-0.25, -0.2) is 4.98 Å². The predicted molar refractivity (Wildman–Crippen MR) is 66.7 cm³/mol. The van der Waals surface area contributed by atoms with Gasteiger partial charge < -0.3 is 4.98 Å². The maximum atomic E-state index is 5.24. The number of nitrogens with zero attached hydrogens (tertiary/aromatic N) is 1. The molecule has 0 aliphatic rings. The van der Waals surface area contributed by atoms with Crippen molar-refractivity contribution in [3.8, 4) is 0 Å². The third-order valence-corrected chi connectivity index (χ3v) is 3.01. The predicted octanol–water partition coefficient (Wildman–Crippen LogP) is 3.60. The Morgan fingerprint density at radius 1 is 1.40 bits per heavy atom. The molecule has 0 aromatic carbocycles. The number of aromatic nitrogens is 2. The minimum absolute atomic E-state index is 0.708. The van der Waals surface area contributed by atoms with Crippen LogP contribution in [0.25, 0.3) is 0 Å². The van der Waals surface area contributed by atoms with Gasteiger partial charge in [0.2, 0.25) is 0 Å². The Balaban J connectivity index is 2.91. The number of hydrogen-bond donors (Lipinski definition) is 1. The van der Waals surface area contributed by atoms with Crippen molar-refractivity contribution in [2.75, 3.05) is 0 Å². The Kier molecular flexibility index (Phi) is 4.45. The zero-order chi connectivity index (χ0) is 11.4. The summed E-state index contributed by atoms with van der Waals surface area (Å²) in [7, 11) is 0. The van der Waals surface area contributed by atoms with Gasteiger partial charge >= 0.3 is 0 Å². The first-order valence-corrected chi connectivity index (χ1v) is 6.04. The molecule has 1 aromatic heterocycles. The number of nitrogens with one attached hydrogen (secondary N) is 1. The number of aryl methyl sites for hydroxylation is 2. The molecule has 0 aliphatic heterocycles. The zero-order valence-electron chi connectivity index (χ0n) is 10.1. The molecule has 0 radical (unpaired) electrons. The highest BCUT2D eigenvalue weighted by Gasteiger charge is 2.04. The second-order valence-electron chi connectivity index (χ2n) is 4.38. The fourth-order valence-electron chi connectivity index (χ4n) is 1.53. The molecule has 1 N–H and O–H groups in total. The second-order valence-corrected chi connectivity index (χ2v) is 4.76. The van der Waals surface area contributed by atoms with Gasteiger partial charge in [0.1, 0.15) is 10.5 Å². The molecule has 0 aliphatic carbocycles. The Labute approximate surface area is 97.1 Å². The molecular formula is C12H20N2S. The van der Waals surface area contributed by atoms with E-state index in [1.165, 1.54) is 5.69 Å². The smallest absolute Gasteiger partial charge is 0.132 e. The van der Waals surface area contributed by atoms with E-state index in [4.69, 9.17) is 12.2 Å². The molecule has 15 heavy (non-hydrogen) atoms. The molecule has 0 spiro atoms. The summed E-state index contributed by atoms with van der Waals surface area (Å²) in [5.41, 5.74) is 2.36. The molecule has 0 atom stereocenters. The van der Waals surface area contributed by atoms with Gasteiger partial charge in [-0.05, 0) is 25.7 Å². The minimum atomic E-state index is 0.708. The molecule has 2 nitrogen and oxygen atoms in total. The van der Waals surface area contributed by atoms with E-state index < -0.39 is 0 Å². The van der Waals surface area contributed by atoms with Crippen LogP contribution in [0.1, 0.15) is 44.3 Å². The highest BCUT2D eigenvalue weighted by atomic mass is 32.1. The van der Waals surface area contributed by atoms with Crippen LogP contribution in [0.15, 0.2) is 0 Å². The lowest BCUT2D eigenvalue weighted by Crippen LogP contribution is -2.04. The van der Waals surface area contributed by atoms with Gasteiger partial charge in [0, 0.05) is 17.7 Å². The summed E-state index contributed by atoms with van der Waals surface area (Å²) in [5.74, 6) is 1.75. The number of rotatable bonds is 4. The Hall–Kier alpha value is -0.700. The third-order valence-electron chi connectivity index (χ3n) is 2.62. The van der Waals surface area contributed by atoms with Crippen molar-refractivity contribution >= 4 is 12.2 Å². The first kappa shape index (κ1) is 12.4. The van der Waals surface area contributed by atoms with Crippen LogP contribution < -0.4 is 0 Å². The Morgan fingerprint density at radius 3 is 2.60 bits per heavy atom. The molecule has 3 heteroatoms. The van der Waals surface area contributed by atoms with E-state index in [-0.39, 0.29) is 0 Å². The third kappa shape index (κ3) is 3.42. The highest BCUT2D eigenvalue weighted by Crippen LogP contribution is 2.10. The number of aromatic amines is 1. The molecule has 0 unspecified atom stereocenters. The summed E-state index contributed by atoms with van der Waals surface area (Å²) >= 11 is 5.24. The molecule has 1 aromatic rings. The fraction of sp³-hybridized carbons (Fsp3) is 0.667. The van der Waals surface area contributed by atoms with E-state index in [0.29, 0.717) is 5.92 Å². The van der Waals surface area contributed by atoms with E-state index in [2.05, 4.69) is 30.7 Å². The van der Waals surface area contributed by atoms with E-state index in [0.717, 1.165) is 35.3 Å². The number of hydrogen-bond acceptors (Lipinski definition) is 2.